The number of hydrogen-bond acceptors (Lipinski definition) is 7. The topological polar surface area (TPSA) is 70.6 Å². The number of anilines is 1. The number of amides is 1. The minimum absolute atomic E-state index is 0.0212. The average molecular weight is 424 g/mol. The molecule has 1 N–H and O–H groups in total. The number of hydrogen-bond donors (Lipinski definition) is 1. The van der Waals surface area contributed by atoms with Crippen molar-refractivity contribution in [1.29, 1.82) is 0 Å². The Bertz CT molecular complexity index is 1010. The molecule has 2 heterocycles. The highest BCUT2D eigenvalue weighted by Crippen LogP contribution is 2.22. The lowest BCUT2D eigenvalue weighted by molar-refractivity contribution is -0.117. The molecule has 156 valence electrons. The van der Waals surface area contributed by atoms with Crippen molar-refractivity contribution in [3.63, 3.8) is 0 Å². The van der Waals surface area contributed by atoms with Crippen LogP contribution in [-0.2, 0) is 11.3 Å². The third-order valence-corrected chi connectivity index (χ3v) is 5.66. The van der Waals surface area contributed by atoms with Crippen LogP contribution in [0, 0.1) is 0 Å². The molecule has 1 aliphatic rings. The number of benzene rings is 2. The van der Waals surface area contributed by atoms with Gasteiger partial charge in [-0.3, -0.25) is 14.6 Å². The van der Waals surface area contributed by atoms with E-state index in [0.717, 1.165) is 66.9 Å². The van der Waals surface area contributed by atoms with Crippen LogP contribution in [0.2, 0.25) is 0 Å². The van der Waals surface area contributed by atoms with Gasteiger partial charge in [0.15, 0.2) is 0 Å². The van der Waals surface area contributed by atoms with Gasteiger partial charge >= 0.3 is 0 Å². The Morgan fingerprint density at radius 2 is 1.90 bits per heavy atom. The van der Waals surface area contributed by atoms with Crippen LogP contribution in [0.4, 0.5) is 5.69 Å². The van der Waals surface area contributed by atoms with E-state index in [2.05, 4.69) is 36.5 Å². The van der Waals surface area contributed by atoms with Gasteiger partial charge < -0.3 is 10.1 Å². The molecule has 4 rings (SSSR count). The Hall–Kier alpha value is -2.81. The Kier molecular flexibility index (Phi) is 6.68. The van der Waals surface area contributed by atoms with Crippen LogP contribution in [0.5, 0.6) is 5.75 Å². The number of fused-ring (bicyclic) bond motifs is 1. The van der Waals surface area contributed by atoms with Gasteiger partial charge in [0.2, 0.25) is 5.91 Å². The zero-order chi connectivity index (χ0) is 20.8. The zero-order valence-electron chi connectivity index (χ0n) is 16.8. The number of ether oxygens (including phenoxy) is 1. The maximum atomic E-state index is 12.5. The van der Waals surface area contributed by atoms with Crippen molar-refractivity contribution in [3.8, 4) is 5.75 Å². The Labute approximate surface area is 180 Å². The summed E-state index contributed by atoms with van der Waals surface area (Å²) in [5.41, 5.74) is 3.46. The predicted molar refractivity (Wildman–Crippen MR) is 120 cm³/mol. The summed E-state index contributed by atoms with van der Waals surface area (Å²) in [6, 6.07) is 13.8. The van der Waals surface area contributed by atoms with Gasteiger partial charge in [-0.15, -0.1) is 0 Å². The quantitative estimate of drug-likeness (QED) is 0.562. The molecule has 0 atom stereocenters. The molecule has 0 aliphatic carbocycles. The minimum Gasteiger partial charge on any atom is -0.489 e. The van der Waals surface area contributed by atoms with E-state index < -0.39 is 0 Å². The highest BCUT2D eigenvalue weighted by Gasteiger charge is 2.20. The van der Waals surface area contributed by atoms with Gasteiger partial charge in [-0.2, -0.15) is 8.75 Å². The highest BCUT2D eigenvalue weighted by atomic mass is 32.1. The Balaban J connectivity index is 1.27. The summed E-state index contributed by atoms with van der Waals surface area (Å²) in [4.78, 5) is 17.1. The van der Waals surface area contributed by atoms with Crippen LogP contribution in [-0.4, -0.2) is 63.8 Å². The van der Waals surface area contributed by atoms with E-state index in [-0.39, 0.29) is 5.91 Å². The molecule has 1 aromatic heterocycles. The summed E-state index contributed by atoms with van der Waals surface area (Å²) in [6.07, 6.45) is 1.76. The first-order valence-corrected chi connectivity index (χ1v) is 10.7. The second-order valence-electron chi connectivity index (χ2n) is 7.25. The number of nitrogens with zero attached hydrogens (tertiary/aromatic N) is 4. The molecule has 0 unspecified atom stereocenters. The monoisotopic (exact) mass is 423 g/mol. The fourth-order valence-corrected chi connectivity index (χ4v) is 4.12. The molecule has 0 radical (unpaired) electrons. The van der Waals surface area contributed by atoms with Crippen LogP contribution in [0.1, 0.15) is 5.56 Å². The summed E-state index contributed by atoms with van der Waals surface area (Å²) in [5.74, 6) is 0.886. The predicted octanol–water partition coefficient (Wildman–Crippen LogP) is 3.01. The molecule has 0 saturated carbocycles. The SMILES string of the molecule is C=CCOc1ccccc1CN1CCN(CC(=O)Nc2cccc3nsnc23)CC1. The third kappa shape index (κ3) is 5.02. The van der Waals surface area contributed by atoms with Gasteiger partial charge in [0.25, 0.3) is 0 Å². The number of rotatable bonds is 8. The number of carbonyl (C=O) groups is 1. The molecule has 0 spiro atoms. The molecule has 1 aliphatic heterocycles. The van der Waals surface area contributed by atoms with E-state index in [1.165, 1.54) is 5.56 Å². The molecule has 1 amide bonds. The first-order valence-electron chi connectivity index (χ1n) is 10.0. The van der Waals surface area contributed by atoms with E-state index in [9.17, 15) is 4.79 Å². The smallest absolute Gasteiger partial charge is 0.238 e. The highest BCUT2D eigenvalue weighted by molar-refractivity contribution is 7.00. The molecule has 0 bridgehead atoms. The van der Waals surface area contributed by atoms with Crippen LogP contribution in [0.25, 0.3) is 11.0 Å². The molecular weight excluding hydrogens is 398 g/mol. The van der Waals surface area contributed by atoms with E-state index >= 15 is 0 Å². The lowest BCUT2D eigenvalue weighted by Crippen LogP contribution is -2.48. The Morgan fingerprint density at radius 3 is 2.73 bits per heavy atom. The van der Waals surface area contributed by atoms with Crippen molar-refractivity contribution in [2.75, 3.05) is 44.6 Å². The van der Waals surface area contributed by atoms with E-state index in [1.54, 1.807) is 6.08 Å². The lowest BCUT2D eigenvalue weighted by Gasteiger charge is -2.34. The van der Waals surface area contributed by atoms with Gasteiger partial charge in [0, 0.05) is 38.3 Å². The Morgan fingerprint density at radius 1 is 1.10 bits per heavy atom. The summed E-state index contributed by atoms with van der Waals surface area (Å²) in [7, 11) is 0. The van der Waals surface area contributed by atoms with Gasteiger partial charge in [-0.1, -0.05) is 36.9 Å². The second-order valence-corrected chi connectivity index (χ2v) is 7.77. The van der Waals surface area contributed by atoms with E-state index in [1.807, 2.05) is 36.4 Å². The molecule has 1 fully saturated rings. The number of para-hydroxylation sites is 1. The molecule has 2 aromatic carbocycles. The van der Waals surface area contributed by atoms with Crippen molar-refractivity contribution < 1.29 is 9.53 Å². The van der Waals surface area contributed by atoms with Crippen molar-refractivity contribution in [1.82, 2.24) is 18.5 Å². The number of carbonyl (C=O) groups excluding carboxylic acids is 1. The number of piperazine rings is 1. The minimum atomic E-state index is -0.0212. The van der Waals surface area contributed by atoms with Gasteiger partial charge in [0.1, 0.15) is 23.4 Å². The molecule has 7 nitrogen and oxygen atoms in total. The molecule has 30 heavy (non-hydrogen) atoms. The van der Waals surface area contributed by atoms with Crippen molar-refractivity contribution in [3.05, 3.63) is 60.7 Å². The van der Waals surface area contributed by atoms with Crippen molar-refractivity contribution >= 4 is 34.4 Å². The van der Waals surface area contributed by atoms with Crippen LogP contribution < -0.4 is 10.1 Å². The van der Waals surface area contributed by atoms with E-state index in [0.29, 0.717) is 13.2 Å². The fourth-order valence-electron chi connectivity index (χ4n) is 3.57. The molecule has 1 saturated heterocycles. The lowest BCUT2D eigenvalue weighted by atomic mass is 10.1. The standard InChI is InChI=1S/C22H25N5O2S/c1-2-14-29-20-9-4-3-6-17(20)15-26-10-12-27(13-11-26)16-21(28)23-18-7-5-8-19-22(18)25-30-24-19/h2-9H,1,10-16H2,(H,23,28). The van der Waals surface area contributed by atoms with Crippen molar-refractivity contribution in [2.45, 2.75) is 6.54 Å². The van der Waals surface area contributed by atoms with Crippen LogP contribution >= 0.6 is 11.7 Å². The van der Waals surface area contributed by atoms with E-state index in [4.69, 9.17) is 4.74 Å². The maximum Gasteiger partial charge on any atom is 0.238 e. The summed E-state index contributed by atoms with van der Waals surface area (Å²) >= 11 is 1.15. The molecule has 3 aromatic rings. The summed E-state index contributed by atoms with van der Waals surface area (Å²) < 4.78 is 14.3. The first-order chi connectivity index (χ1) is 14.7. The first kappa shape index (κ1) is 20.5. The van der Waals surface area contributed by atoms with Gasteiger partial charge in [-0.25, -0.2) is 0 Å². The second kappa shape index (κ2) is 9.80. The fraction of sp³-hybridized carbons (Fsp3) is 0.318. The summed E-state index contributed by atoms with van der Waals surface area (Å²) in [6.45, 7) is 8.96. The van der Waals surface area contributed by atoms with Crippen molar-refractivity contribution in [2.24, 2.45) is 0 Å². The third-order valence-electron chi connectivity index (χ3n) is 5.12. The maximum absolute atomic E-state index is 12.5. The van der Waals surface area contributed by atoms with Crippen LogP contribution in [0.3, 0.4) is 0 Å². The van der Waals surface area contributed by atoms with Crippen LogP contribution in [0.15, 0.2) is 55.1 Å². The normalized spacial score (nSPS) is 15.2. The zero-order valence-corrected chi connectivity index (χ0v) is 17.6. The van der Waals surface area contributed by atoms with Gasteiger partial charge in [-0.05, 0) is 18.2 Å². The van der Waals surface area contributed by atoms with Gasteiger partial charge in [0.05, 0.1) is 24.0 Å². The largest absolute Gasteiger partial charge is 0.489 e. The number of aromatic nitrogens is 2. The number of nitrogens with one attached hydrogen (secondary N) is 1. The average Bonchev–Trinajstić information content (AvgIpc) is 3.24. The molecule has 8 heteroatoms. The molecular formula is C22H25N5O2S. The summed E-state index contributed by atoms with van der Waals surface area (Å²) in [5, 5.41) is 2.98.